The lowest BCUT2D eigenvalue weighted by Crippen LogP contribution is -2.21. The quantitative estimate of drug-likeness (QED) is 0.540. The van der Waals surface area contributed by atoms with E-state index >= 15 is 0 Å². The molecule has 0 bridgehead atoms. The summed E-state index contributed by atoms with van der Waals surface area (Å²) in [5, 5.41) is 26.9. The van der Waals surface area contributed by atoms with Crippen LogP contribution < -0.4 is 5.73 Å². The van der Waals surface area contributed by atoms with Gasteiger partial charge in [-0.15, -0.1) is 0 Å². The first-order chi connectivity index (χ1) is 7.79. The van der Waals surface area contributed by atoms with Crippen LogP contribution in [0.25, 0.3) is 0 Å². The number of alkyl halides is 3. The molecule has 2 atom stereocenters. The van der Waals surface area contributed by atoms with Crippen molar-refractivity contribution in [3.8, 4) is 6.07 Å². The van der Waals surface area contributed by atoms with Crippen LogP contribution in [0.5, 0.6) is 0 Å². The molecule has 92 valence electrons. The van der Waals surface area contributed by atoms with Crippen molar-refractivity contribution in [3.63, 3.8) is 0 Å². The molecule has 0 amide bonds. The number of halogens is 3. The Kier molecular flexibility index (Phi) is 3.60. The second-order valence-electron chi connectivity index (χ2n) is 3.33. The molecule has 0 fully saturated rings. The van der Waals surface area contributed by atoms with Crippen LogP contribution in [0.2, 0.25) is 0 Å². The van der Waals surface area contributed by atoms with Gasteiger partial charge in [0.25, 0.3) is 0 Å². The Bertz CT molecular complexity index is 454. The molecule has 7 heteroatoms. The van der Waals surface area contributed by atoms with E-state index in [1.165, 1.54) is 6.07 Å². The van der Waals surface area contributed by atoms with Crippen molar-refractivity contribution in [2.45, 2.75) is 18.4 Å². The Morgan fingerprint density at radius 1 is 1.29 bits per heavy atom. The minimum atomic E-state index is -4.72. The molecule has 0 aromatic heterocycles. The number of hydrogen-bond donors (Lipinski definition) is 3. The summed E-state index contributed by atoms with van der Waals surface area (Å²) in [7, 11) is 0. The molecule has 0 aliphatic heterocycles. The van der Waals surface area contributed by atoms with E-state index in [9.17, 15) is 18.3 Å². The summed E-state index contributed by atoms with van der Waals surface area (Å²) >= 11 is 0. The van der Waals surface area contributed by atoms with Crippen LogP contribution in [0.4, 0.5) is 18.9 Å². The molecule has 0 saturated heterocycles. The number of aliphatic hydroxyl groups is 2. The first-order valence-electron chi connectivity index (χ1n) is 4.50. The van der Waals surface area contributed by atoms with Gasteiger partial charge < -0.3 is 15.9 Å². The summed E-state index contributed by atoms with van der Waals surface area (Å²) < 4.78 is 37.9. The Labute approximate surface area is 94.7 Å². The van der Waals surface area contributed by atoms with Crippen molar-refractivity contribution in [2.75, 3.05) is 5.73 Å². The molecule has 0 radical (unpaired) electrons. The fourth-order valence-electron chi connectivity index (χ4n) is 1.39. The predicted molar refractivity (Wildman–Crippen MR) is 52.4 cm³/mol. The van der Waals surface area contributed by atoms with Crippen molar-refractivity contribution in [3.05, 3.63) is 29.3 Å². The maximum Gasteiger partial charge on any atom is 0.416 e. The lowest BCUT2D eigenvalue weighted by Gasteiger charge is -2.20. The van der Waals surface area contributed by atoms with Crippen molar-refractivity contribution in [2.24, 2.45) is 0 Å². The zero-order chi connectivity index (χ0) is 13.2. The van der Waals surface area contributed by atoms with Gasteiger partial charge in [-0.05, 0) is 12.1 Å². The van der Waals surface area contributed by atoms with Crippen LogP contribution in [-0.2, 0) is 6.18 Å². The van der Waals surface area contributed by atoms with Crippen LogP contribution in [0, 0.1) is 11.3 Å². The molecular weight excluding hydrogens is 237 g/mol. The van der Waals surface area contributed by atoms with Gasteiger partial charge in [0.15, 0.2) is 6.10 Å². The highest BCUT2D eigenvalue weighted by Crippen LogP contribution is 2.38. The maximum absolute atomic E-state index is 12.6. The van der Waals surface area contributed by atoms with Crippen molar-refractivity contribution >= 4 is 5.69 Å². The van der Waals surface area contributed by atoms with Gasteiger partial charge in [-0.2, -0.15) is 18.4 Å². The smallest absolute Gasteiger partial charge is 0.398 e. The van der Waals surface area contributed by atoms with Crippen LogP contribution in [-0.4, -0.2) is 16.3 Å². The molecule has 1 aromatic carbocycles. The third-order valence-electron chi connectivity index (χ3n) is 2.17. The van der Waals surface area contributed by atoms with E-state index in [0.717, 1.165) is 18.2 Å². The molecular formula is C10H9F3N2O2. The van der Waals surface area contributed by atoms with Gasteiger partial charge in [0.05, 0.1) is 11.6 Å². The van der Waals surface area contributed by atoms with Gasteiger partial charge in [0, 0.05) is 11.3 Å². The Balaban J connectivity index is 3.37. The number of hydrogen-bond acceptors (Lipinski definition) is 4. The van der Waals surface area contributed by atoms with E-state index in [-0.39, 0.29) is 5.69 Å². The van der Waals surface area contributed by atoms with Gasteiger partial charge in [-0.1, -0.05) is 6.07 Å². The number of nitrogens with zero attached hydrogens (tertiary/aromatic N) is 1. The van der Waals surface area contributed by atoms with E-state index in [1.807, 2.05) is 0 Å². The molecule has 0 aliphatic carbocycles. The first kappa shape index (κ1) is 13.3. The molecule has 1 rings (SSSR count). The SMILES string of the molecule is N#CC(O)C(O)c1c(N)cccc1C(F)(F)F. The van der Waals surface area contributed by atoms with Crippen LogP contribution in [0.1, 0.15) is 17.2 Å². The topological polar surface area (TPSA) is 90.3 Å². The third kappa shape index (κ3) is 2.67. The lowest BCUT2D eigenvalue weighted by atomic mass is 9.97. The van der Waals surface area contributed by atoms with Gasteiger partial charge in [0.1, 0.15) is 6.10 Å². The Hall–Kier alpha value is -1.78. The summed E-state index contributed by atoms with van der Waals surface area (Å²) in [4.78, 5) is 0. The molecule has 4 nitrogen and oxygen atoms in total. The van der Waals surface area contributed by atoms with Crippen LogP contribution in [0.3, 0.4) is 0 Å². The largest absolute Gasteiger partial charge is 0.416 e. The number of nitriles is 1. The lowest BCUT2D eigenvalue weighted by molar-refractivity contribution is -0.139. The summed E-state index contributed by atoms with van der Waals surface area (Å²) in [6.07, 6.45) is -8.69. The molecule has 4 N–H and O–H groups in total. The molecule has 0 heterocycles. The molecule has 0 saturated carbocycles. The fourth-order valence-corrected chi connectivity index (χ4v) is 1.39. The van der Waals surface area contributed by atoms with Crippen molar-refractivity contribution in [1.29, 1.82) is 5.26 Å². The third-order valence-corrected chi connectivity index (χ3v) is 2.17. The average Bonchev–Trinajstić information content (AvgIpc) is 2.25. The summed E-state index contributed by atoms with van der Waals surface area (Å²) in [6.45, 7) is 0. The molecule has 17 heavy (non-hydrogen) atoms. The summed E-state index contributed by atoms with van der Waals surface area (Å²) in [6, 6.07) is 4.20. The van der Waals surface area contributed by atoms with E-state index in [0.29, 0.717) is 0 Å². The second-order valence-corrected chi connectivity index (χ2v) is 3.33. The van der Waals surface area contributed by atoms with Crippen molar-refractivity contribution < 1.29 is 23.4 Å². The van der Waals surface area contributed by atoms with Gasteiger partial charge >= 0.3 is 6.18 Å². The Morgan fingerprint density at radius 3 is 2.35 bits per heavy atom. The number of nitrogen functional groups attached to an aromatic ring is 1. The molecule has 1 aromatic rings. The molecule has 2 unspecified atom stereocenters. The van der Waals surface area contributed by atoms with E-state index in [2.05, 4.69) is 0 Å². The van der Waals surface area contributed by atoms with Gasteiger partial charge in [0.2, 0.25) is 0 Å². The maximum atomic E-state index is 12.6. The fraction of sp³-hybridized carbons (Fsp3) is 0.300. The number of aliphatic hydroxyl groups excluding tert-OH is 2. The molecule has 0 spiro atoms. The standard InChI is InChI=1S/C10H9F3N2O2/c11-10(12,13)5-2-1-3-6(15)8(5)9(17)7(16)4-14/h1-3,7,9,16-17H,15H2. The second kappa shape index (κ2) is 4.61. The highest BCUT2D eigenvalue weighted by Gasteiger charge is 2.37. The average molecular weight is 246 g/mol. The molecule has 0 aliphatic rings. The summed E-state index contributed by atoms with van der Waals surface area (Å²) in [5.74, 6) is 0. The van der Waals surface area contributed by atoms with Gasteiger partial charge in [-0.25, -0.2) is 0 Å². The minimum absolute atomic E-state index is 0.332. The number of benzene rings is 1. The zero-order valence-corrected chi connectivity index (χ0v) is 8.44. The van der Waals surface area contributed by atoms with E-state index < -0.39 is 29.5 Å². The van der Waals surface area contributed by atoms with E-state index in [1.54, 1.807) is 0 Å². The number of nitrogens with two attached hydrogens (primary N) is 1. The zero-order valence-electron chi connectivity index (χ0n) is 8.44. The monoisotopic (exact) mass is 246 g/mol. The van der Waals surface area contributed by atoms with Crippen LogP contribution in [0.15, 0.2) is 18.2 Å². The van der Waals surface area contributed by atoms with Gasteiger partial charge in [-0.3, -0.25) is 0 Å². The minimum Gasteiger partial charge on any atom is -0.398 e. The highest BCUT2D eigenvalue weighted by atomic mass is 19.4. The first-order valence-corrected chi connectivity index (χ1v) is 4.50. The van der Waals surface area contributed by atoms with E-state index in [4.69, 9.17) is 16.1 Å². The van der Waals surface area contributed by atoms with Crippen molar-refractivity contribution in [1.82, 2.24) is 0 Å². The predicted octanol–water partition coefficient (Wildman–Crippen LogP) is 1.21. The number of rotatable bonds is 2. The number of anilines is 1. The Morgan fingerprint density at radius 2 is 1.88 bits per heavy atom. The summed E-state index contributed by atoms with van der Waals surface area (Å²) in [5.41, 5.74) is 3.15. The highest BCUT2D eigenvalue weighted by molar-refractivity contribution is 5.53. The normalized spacial score (nSPS) is 15.1. The van der Waals surface area contributed by atoms with Crippen LogP contribution >= 0.6 is 0 Å².